The highest BCUT2D eigenvalue weighted by atomic mass is 35.5. The third-order valence-electron chi connectivity index (χ3n) is 1.67. The smallest absolute Gasteiger partial charge is 0.258 e. The molecular formula is C8H9Cl2N3O2. The van der Waals surface area contributed by atoms with Gasteiger partial charge in [0.25, 0.3) is 0 Å². The highest BCUT2D eigenvalue weighted by molar-refractivity contribution is 6.33. The Morgan fingerprint density at radius 2 is 2.00 bits per heavy atom. The molecule has 0 saturated carbocycles. The van der Waals surface area contributed by atoms with Crippen LogP contribution in [0, 0.1) is 16.0 Å². The first kappa shape index (κ1) is 12.1. The standard InChI is InChI=1S/C8H9Cl2N3O2/c1-4(2)3-5-6(13(14)15)7(9)12-8(10)11-5/h4H,3H2,1-2H3. The first-order chi connectivity index (χ1) is 6.91. The molecule has 15 heavy (non-hydrogen) atoms. The van der Waals surface area contributed by atoms with Gasteiger partial charge in [-0.25, -0.2) is 4.98 Å². The number of nitro groups is 1. The molecule has 0 fully saturated rings. The summed E-state index contributed by atoms with van der Waals surface area (Å²) in [6, 6.07) is 0. The van der Waals surface area contributed by atoms with Crippen LogP contribution in [0.25, 0.3) is 0 Å². The van der Waals surface area contributed by atoms with Crippen LogP contribution in [0.15, 0.2) is 0 Å². The van der Waals surface area contributed by atoms with Gasteiger partial charge in [0.2, 0.25) is 10.4 Å². The molecule has 82 valence electrons. The first-order valence-electron chi connectivity index (χ1n) is 4.28. The Bertz CT molecular complexity index is 396. The maximum atomic E-state index is 10.7. The summed E-state index contributed by atoms with van der Waals surface area (Å²) in [6.07, 6.45) is 0.443. The minimum absolute atomic E-state index is 0.0683. The molecule has 7 heteroatoms. The molecule has 0 spiro atoms. The van der Waals surface area contributed by atoms with E-state index in [-0.39, 0.29) is 27.7 Å². The summed E-state index contributed by atoms with van der Waals surface area (Å²) in [4.78, 5) is 17.5. The van der Waals surface area contributed by atoms with E-state index in [1.807, 2.05) is 13.8 Å². The number of nitrogens with zero attached hydrogens (tertiary/aromatic N) is 3. The predicted octanol–water partition coefficient (Wildman–Crippen LogP) is 2.89. The van der Waals surface area contributed by atoms with Crippen LogP contribution in [0.1, 0.15) is 19.5 Å². The lowest BCUT2D eigenvalue weighted by molar-refractivity contribution is -0.386. The zero-order valence-electron chi connectivity index (χ0n) is 8.20. The van der Waals surface area contributed by atoms with Crippen molar-refractivity contribution in [2.24, 2.45) is 5.92 Å². The molecule has 0 radical (unpaired) electrons. The van der Waals surface area contributed by atoms with E-state index in [0.29, 0.717) is 6.42 Å². The summed E-state index contributed by atoms with van der Waals surface area (Å²) in [5.41, 5.74) is 0.0229. The van der Waals surface area contributed by atoms with Crippen LogP contribution >= 0.6 is 23.2 Å². The van der Waals surface area contributed by atoms with Crippen LogP contribution in [-0.2, 0) is 6.42 Å². The number of aromatic nitrogens is 2. The van der Waals surface area contributed by atoms with Gasteiger partial charge in [0.1, 0.15) is 5.69 Å². The molecule has 1 rings (SSSR count). The van der Waals surface area contributed by atoms with Crippen molar-refractivity contribution in [3.63, 3.8) is 0 Å². The Hall–Kier alpha value is -0.940. The van der Waals surface area contributed by atoms with Gasteiger partial charge in [-0.05, 0) is 23.9 Å². The van der Waals surface area contributed by atoms with E-state index in [1.165, 1.54) is 0 Å². The zero-order chi connectivity index (χ0) is 11.6. The first-order valence-corrected chi connectivity index (χ1v) is 5.03. The van der Waals surface area contributed by atoms with Crippen molar-refractivity contribution >= 4 is 28.9 Å². The highest BCUT2D eigenvalue weighted by Gasteiger charge is 2.23. The van der Waals surface area contributed by atoms with Crippen LogP contribution in [0.2, 0.25) is 10.4 Å². The molecule has 0 amide bonds. The molecule has 0 aliphatic heterocycles. The fourth-order valence-electron chi connectivity index (χ4n) is 1.15. The van der Waals surface area contributed by atoms with Crippen LogP contribution in [0.4, 0.5) is 5.69 Å². The van der Waals surface area contributed by atoms with Crippen molar-refractivity contribution in [1.29, 1.82) is 0 Å². The Labute approximate surface area is 96.6 Å². The molecule has 0 aliphatic carbocycles. The maximum Gasteiger partial charge on any atom is 0.327 e. The molecule has 0 aromatic carbocycles. The van der Waals surface area contributed by atoms with E-state index in [9.17, 15) is 10.1 Å². The number of hydrogen-bond acceptors (Lipinski definition) is 4. The summed E-state index contributed by atoms with van der Waals surface area (Å²) >= 11 is 11.2. The van der Waals surface area contributed by atoms with Crippen molar-refractivity contribution in [2.45, 2.75) is 20.3 Å². The third kappa shape index (κ3) is 3.00. The average molecular weight is 250 g/mol. The summed E-state index contributed by atoms with van der Waals surface area (Å²) in [6.45, 7) is 3.85. The minimum Gasteiger partial charge on any atom is -0.258 e. The summed E-state index contributed by atoms with van der Waals surface area (Å²) in [5, 5.41) is 10.5. The van der Waals surface area contributed by atoms with Crippen molar-refractivity contribution in [3.05, 3.63) is 26.2 Å². The normalized spacial score (nSPS) is 10.7. The molecule has 0 N–H and O–H groups in total. The number of hydrogen-bond donors (Lipinski definition) is 0. The van der Waals surface area contributed by atoms with Crippen LogP contribution in [0.3, 0.4) is 0 Å². The molecule has 0 aliphatic rings. The lowest BCUT2D eigenvalue weighted by Gasteiger charge is -2.05. The van der Waals surface area contributed by atoms with E-state index in [2.05, 4.69) is 9.97 Å². The average Bonchev–Trinajstić information content (AvgIpc) is 1.99. The van der Waals surface area contributed by atoms with Crippen LogP contribution < -0.4 is 0 Å². The Kier molecular flexibility index (Phi) is 3.82. The second kappa shape index (κ2) is 4.72. The summed E-state index contributed by atoms with van der Waals surface area (Å²) in [7, 11) is 0. The monoisotopic (exact) mass is 249 g/mol. The Morgan fingerprint density at radius 3 is 2.47 bits per heavy atom. The van der Waals surface area contributed by atoms with Crippen molar-refractivity contribution in [1.82, 2.24) is 9.97 Å². The molecule has 1 heterocycles. The molecule has 1 aromatic rings. The molecule has 5 nitrogen and oxygen atoms in total. The second-order valence-electron chi connectivity index (χ2n) is 3.43. The number of halogens is 2. The van der Waals surface area contributed by atoms with Crippen molar-refractivity contribution in [2.75, 3.05) is 0 Å². The molecular weight excluding hydrogens is 241 g/mol. The second-order valence-corrected chi connectivity index (χ2v) is 4.13. The van der Waals surface area contributed by atoms with E-state index in [4.69, 9.17) is 23.2 Å². The van der Waals surface area contributed by atoms with Crippen molar-refractivity contribution in [3.8, 4) is 0 Å². The van der Waals surface area contributed by atoms with Gasteiger partial charge in [0, 0.05) is 0 Å². The van der Waals surface area contributed by atoms with Crippen molar-refractivity contribution < 1.29 is 4.92 Å². The van der Waals surface area contributed by atoms with Gasteiger partial charge >= 0.3 is 5.69 Å². The van der Waals surface area contributed by atoms with Crippen LogP contribution in [-0.4, -0.2) is 14.9 Å². The third-order valence-corrected chi connectivity index (χ3v) is 2.10. The van der Waals surface area contributed by atoms with Gasteiger partial charge in [-0.15, -0.1) is 0 Å². The maximum absolute atomic E-state index is 10.7. The largest absolute Gasteiger partial charge is 0.327 e. The predicted molar refractivity (Wildman–Crippen MR) is 57.2 cm³/mol. The quantitative estimate of drug-likeness (QED) is 0.358. The number of rotatable bonds is 3. The fraction of sp³-hybridized carbons (Fsp3) is 0.500. The van der Waals surface area contributed by atoms with Gasteiger partial charge in [-0.1, -0.05) is 25.4 Å². The highest BCUT2D eigenvalue weighted by Crippen LogP contribution is 2.28. The molecule has 0 saturated heterocycles. The minimum atomic E-state index is -0.587. The SMILES string of the molecule is CC(C)Cc1nc(Cl)nc(Cl)c1[N+](=O)[O-]. The lowest BCUT2D eigenvalue weighted by atomic mass is 10.1. The molecule has 1 aromatic heterocycles. The summed E-state index contributed by atoms with van der Waals surface area (Å²) in [5.74, 6) is 0.228. The molecule has 0 atom stereocenters. The van der Waals surface area contributed by atoms with E-state index in [1.54, 1.807) is 0 Å². The Balaban J connectivity index is 3.27. The topological polar surface area (TPSA) is 68.9 Å². The van der Waals surface area contributed by atoms with Crippen LogP contribution in [0.5, 0.6) is 0 Å². The van der Waals surface area contributed by atoms with Gasteiger partial charge in [0.05, 0.1) is 4.92 Å². The lowest BCUT2D eigenvalue weighted by Crippen LogP contribution is -2.05. The molecule has 0 bridgehead atoms. The van der Waals surface area contributed by atoms with Gasteiger partial charge < -0.3 is 0 Å². The van der Waals surface area contributed by atoms with E-state index in [0.717, 1.165) is 0 Å². The Morgan fingerprint density at radius 1 is 1.40 bits per heavy atom. The van der Waals surface area contributed by atoms with Gasteiger partial charge in [-0.3, -0.25) is 10.1 Å². The van der Waals surface area contributed by atoms with Gasteiger partial charge in [-0.2, -0.15) is 4.98 Å². The molecule has 0 unspecified atom stereocenters. The fourth-order valence-corrected chi connectivity index (χ4v) is 1.64. The summed E-state index contributed by atoms with van der Waals surface area (Å²) < 4.78 is 0. The zero-order valence-corrected chi connectivity index (χ0v) is 9.71. The van der Waals surface area contributed by atoms with E-state index < -0.39 is 4.92 Å². The van der Waals surface area contributed by atoms with Gasteiger partial charge in [0.15, 0.2) is 0 Å². The van der Waals surface area contributed by atoms with E-state index >= 15 is 0 Å².